The van der Waals surface area contributed by atoms with E-state index in [1.54, 1.807) is 12.1 Å². The first-order valence-electron chi connectivity index (χ1n) is 9.17. The van der Waals surface area contributed by atoms with Crippen molar-refractivity contribution in [2.24, 2.45) is 28.8 Å². The van der Waals surface area contributed by atoms with Gasteiger partial charge in [-0.2, -0.15) is 0 Å². The fourth-order valence-corrected chi connectivity index (χ4v) is 5.03. The van der Waals surface area contributed by atoms with Crippen LogP contribution in [0.4, 0.5) is 0 Å². The number of nitrogens with one attached hydrogen (secondary N) is 1. The van der Waals surface area contributed by atoms with Crippen LogP contribution in [0.15, 0.2) is 41.3 Å². The molecule has 148 valence electrons. The molecule has 9 heteroatoms. The molecule has 3 aliphatic rings. The molecule has 3 N–H and O–H groups in total. The molecule has 1 aliphatic heterocycles. The van der Waals surface area contributed by atoms with Crippen molar-refractivity contribution in [3.63, 3.8) is 0 Å². The zero-order valence-electron chi connectivity index (χ0n) is 15.1. The maximum atomic E-state index is 12.6. The molecule has 0 aromatic heterocycles. The number of benzene rings is 1. The molecule has 2 fully saturated rings. The van der Waals surface area contributed by atoms with Crippen molar-refractivity contribution in [3.8, 4) is 0 Å². The second-order valence-electron chi connectivity index (χ2n) is 7.55. The molecule has 2 aliphatic carbocycles. The lowest BCUT2D eigenvalue weighted by molar-refractivity contribution is -0.144. The molecule has 3 amide bonds. The summed E-state index contributed by atoms with van der Waals surface area (Å²) in [5.74, 6) is -1.20. The molecule has 0 unspecified atom stereocenters. The van der Waals surface area contributed by atoms with Gasteiger partial charge in [-0.3, -0.25) is 19.3 Å². The monoisotopic (exact) mass is 403 g/mol. The molecule has 0 radical (unpaired) electrons. The molecule has 1 saturated heterocycles. The third-order valence-corrected chi connectivity index (χ3v) is 6.78. The van der Waals surface area contributed by atoms with Crippen molar-refractivity contribution < 1.29 is 22.8 Å². The third kappa shape index (κ3) is 3.24. The summed E-state index contributed by atoms with van der Waals surface area (Å²) in [6, 6.07) is 6.08. The van der Waals surface area contributed by atoms with Crippen LogP contribution in [0.3, 0.4) is 0 Å². The highest BCUT2D eigenvalue weighted by Gasteiger charge is 2.59. The van der Waals surface area contributed by atoms with Crippen LogP contribution in [0.1, 0.15) is 12.0 Å². The Balaban J connectivity index is 1.29. The van der Waals surface area contributed by atoms with Crippen molar-refractivity contribution in [3.05, 3.63) is 42.0 Å². The van der Waals surface area contributed by atoms with Gasteiger partial charge in [-0.15, -0.1) is 0 Å². The number of amides is 3. The Hall–Kier alpha value is -2.52. The highest BCUT2D eigenvalue weighted by molar-refractivity contribution is 7.89. The summed E-state index contributed by atoms with van der Waals surface area (Å²) in [4.78, 5) is 38.4. The van der Waals surface area contributed by atoms with Gasteiger partial charge in [0.25, 0.3) is 0 Å². The van der Waals surface area contributed by atoms with Crippen molar-refractivity contribution in [1.29, 1.82) is 0 Å². The normalized spacial score (nSPS) is 28.1. The molecule has 28 heavy (non-hydrogen) atoms. The van der Waals surface area contributed by atoms with Crippen LogP contribution in [0.25, 0.3) is 0 Å². The van der Waals surface area contributed by atoms with E-state index in [0.29, 0.717) is 13.0 Å². The first-order chi connectivity index (χ1) is 13.3. The Labute approximate surface area is 162 Å². The molecule has 8 nitrogen and oxygen atoms in total. The minimum Gasteiger partial charge on any atom is -0.354 e. The molecule has 1 heterocycles. The molecule has 4 rings (SSSR count). The van der Waals surface area contributed by atoms with Gasteiger partial charge in [-0.05, 0) is 42.4 Å². The first kappa shape index (κ1) is 18.8. The number of sulfonamides is 1. The van der Waals surface area contributed by atoms with Crippen LogP contribution in [-0.4, -0.2) is 44.1 Å². The molecule has 0 spiro atoms. The van der Waals surface area contributed by atoms with Gasteiger partial charge in [0, 0.05) is 6.54 Å². The first-order valence-corrected chi connectivity index (χ1v) is 10.7. The van der Waals surface area contributed by atoms with E-state index in [0.717, 1.165) is 16.9 Å². The lowest BCUT2D eigenvalue weighted by Gasteiger charge is -2.16. The fourth-order valence-electron chi connectivity index (χ4n) is 4.51. The van der Waals surface area contributed by atoms with E-state index in [1.165, 1.54) is 12.1 Å². The summed E-state index contributed by atoms with van der Waals surface area (Å²) < 4.78 is 22.5. The quantitative estimate of drug-likeness (QED) is 0.502. The van der Waals surface area contributed by atoms with Crippen LogP contribution in [0.5, 0.6) is 0 Å². The number of imide groups is 1. The van der Waals surface area contributed by atoms with E-state index < -0.39 is 10.0 Å². The van der Waals surface area contributed by atoms with Gasteiger partial charge in [0.15, 0.2) is 0 Å². The van der Waals surface area contributed by atoms with E-state index in [-0.39, 0.29) is 52.8 Å². The maximum absolute atomic E-state index is 12.6. The van der Waals surface area contributed by atoms with Crippen molar-refractivity contribution >= 4 is 27.7 Å². The lowest BCUT2D eigenvalue weighted by atomic mass is 9.85. The Kier molecular flexibility index (Phi) is 4.59. The Morgan fingerprint density at radius 2 is 1.64 bits per heavy atom. The number of hydrogen-bond donors (Lipinski definition) is 2. The van der Waals surface area contributed by atoms with Crippen LogP contribution < -0.4 is 10.5 Å². The van der Waals surface area contributed by atoms with Crippen molar-refractivity contribution in [1.82, 2.24) is 10.2 Å². The predicted octanol–water partition coefficient (Wildman–Crippen LogP) is -0.200. The van der Waals surface area contributed by atoms with Gasteiger partial charge in [-0.25, -0.2) is 13.6 Å². The van der Waals surface area contributed by atoms with Crippen LogP contribution in [0, 0.1) is 23.7 Å². The second kappa shape index (κ2) is 6.82. The molecular weight excluding hydrogens is 382 g/mol. The smallest absolute Gasteiger partial charge is 0.240 e. The number of carbonyl (C=O) groups is 3. The summed E-state index contributed by atoms with van der Waals surface area (Å²) in [7, 11) is -3.73. The number of nitrogens with two attached hydrogens (primary N) is 1. The number of allylic oxidation sites excluding steroid dienone is 2. The highest BCUT2D eigenvalue weighted by Crippen LogP contribution is 2.52. The average Bonchev–Trinajstić information content (AvgIpc) is 3.31. The summed E-state index contributed by atoms with van der Waals surface area (Å²) >= 11 is 0. The van der Waals surface area contributed by atoms with E-state index in [9.17, 15) is 22.8 Å². The standard InChI is InChI=1S/C19H21N3O5S/c20-28(26,27)14-5-1-11(2-6-14)7-8-21-15(23)10-22-18(24)16-12-3-4-13(9-12)17(16)19(22)25/h1-6,12-13,16-17H,7-10H2,(H,21,23)(H2,20,26,27)/t12-,13-,16+,17+/m0/s1. The topological polar surface area (TPSA) is 127 Å². The summed E-state index contributed by atoms with van der Waals surface area (Å²) in [6.45, 7) is 0.0535. The third-order valence-electron chi connectivity index (χ3n) is 5.85. The number of carbonyl (C=O) groups excluding carboxylic acids is 3. The zero-order valence-corrected chi connectivity index (χ0v) is 15.9. The predicted molar refractivity (Wildman–Crippen MR) is 99.0 cm³/mol. The number of rotatable bonds is 6. The average molecular weight is 403 g/mol. The fraction of sp³-hybridized carbons (Fsp3) is 0.421. The Bertz CT molecular complexity index is 940. The molecular formula is C19H21N3O5S. The van der Waals surface area contributed by atoms with Gasteiger partial charge < -0.3 is 5.32 Å². The molecule has 1 saturated carbocycles. The van der Waals surface area contributed by atoms with Crippen LogP contribution in [0.2, 0.25) is 0 Å². The molecule has 4 atom stereocenters. The second-order valence-corrected chi connectivity index (χ2v) is 9.11. The minimum atomic E-state index is -3.73. The lowest BCUT2D eigenvalue weighted by Crippen LogP contribution is -2.42. The van der Waals surface area contributed by atoms with Crippen molar-refractivity contribution in [2.45, 2.75) is 17.7 Å². The van der Waals surface area contributed by atoms with Gasteiger partial charge in [0.05, 0.1) is 16.7 Å². The number of primary sulfonamides is 1. The summed E-state index contributed by atoms with van der Waals surface area (Å²) in [5.41, 5.74) is 0.832. The maximum Gasteiger partial charge on any atom is 0.240 e. The van der Waals surface area contributed by atoms with E-state index in [1.807, 2.05) is 12.2 Å². The van der Waals surface area contributed by atoms with E-state index in [2.05, 4.69) is 5.32 Å². The van der Waals surface area contributed by atoms with E-state index in [4.69, 9.17) is 5.14 Å². The van der Waals surface area contributed by atoms with Crippen LogP contribution >= 0.6 is 0 Å². The number of hydrogen-bond acceptors (Lipinski definition) is 5. The molecule has 2 bridgehead atoms. The van der Waals surface area contributed by atoms with Gasteiger partial charge >= 0.3 is 0 Å². The molecule has 1 aromatic carbocycles. The van der Waals surface area contributed by atoms with Crippen LogP contribution in [-0.2, 0) is 30.8 Å². The Morgan fingerprint density at radius 1 is 1.07 bits per heavy atom. The number of fused-ring (bicyclic) bond motifs is 5. The van der Waals surface area contributed by atoms with Gasteiger partial charge in [0.1, 0.15) is 6.54 Å². The minimum absolute atomic E-state index is 0.0281. The zero-order chi connectivity index (χ0) is 20.1. The number of nitrogens with zero attached hydrogens (tertiary/aromatic N) is 1. The molecule has 1 aromatic rings. The number of likely N-dealkylation sites (tertiary alicyclic amines) is 1. The van der Waals surface area contributed by atoms with E-state index >= 15 is 0 Å². The summed E-state index contributed by atoms with van der Waals surface area (Å²) in [6.07, 6.45) is 5.37. The summed E-state index contributed by atoms with van der Waals surface area (Å²) in [5, 5.41) is 7.76. The Morgan fingerprint density at radius 3 is 2.18 bits per heavy atom. The van der Waals surface area contributed by atoms with Crippen molar-refractivity contribution in [2.75, 3.05) is 13.1 Å². The van der Waals surface area contributed by atoms with Gasteiger partial charge in [0.2, 0.25) is 27.7 Å². The highest BCUT2D eigenvalue weighted by atomic mass is 32.2. The SMILES string of the molecule is NS(=O)(=O)c1ccc(CCNC(=O)CN2C(=O)[C@H]3[C@H](C2=O)[C@H]2C=C[C@H]3C2)cc1. The van der Waals surface area contributed by atoms with Gasteiger partial charge in [-0.1, -0.05) is 24.3 Å². The largest absolute Gasteiger partial charge is 0.354 e.